The molecule has 0 radical (unpaired) electrons. The molecule has 5 nitrogen and oxygen atoms in total. The molecule has 0 aliphatic carbocycles. The minimum Gasteiger partial charge on any atom is -0.255 e. The Bertz CT molecular complexity index is 900. The molecule has 0 unspecified atom stereocenters. The lowest BCUT2D eigenvalue weighted by Gasteiger charge is -2.01. The average molecular weight is 287 g/mol. The second-order valence-corrected chi connectivity index (χ2v) is 4.95. The highest BCUT2D eigenvalue weighted by Crippen LogP contribution is 2.16. The average Bonchev–Trinajstić information content (AvgIpc) is 2.99. The number of hydrogen-bond donors (Lipinski definition) is 0. The molecule has 4 aromatic rings. The van der Waals surface area contributed by atoms with Crippen LogP contribution in [-0.2, 0) is 6.42 Å². The third kappa shape index (κ3) is 2.33. The number of nitrogens with zero attached hydrogens (tertiary/aromatic N) is 5. The van der Waals surface area contributed by atoms with E-state index in [0.717, 1.165) is 17.2 Å². The molecule has 4 rings (SSSR count). The zero-order chi connectivity index (χ0) is 14.8. The van der Waals surface area contributed by atoms with E-state index in [9.17, 15) is 0 Å². The number of rotatable bonds is 3. The first-order valence-corrected chi connectivity index (χ1v) is 7.06. The third-order valence-corrected chi connectivity index (χ3v) is 3.42. The first-order valence-electron chi connectivity index (χ1n) is 7.06. The molecule has 1 aromatic carbocycles. The minimum atomic E-state index is 0.592. The molecule has 0 fully saturated rings. The molecule has 5 heteroatoms. The molecule has 0 saturated heterocycles. The minimum absolute atomic E-state index is 0.592. The van der Waals surface area contributed by atoms with Crippen LogP contribution in [0.5, 0.6) is 0 Å². The van der Waals surface area contributed by atoms with Crippen molar-refractivity contribution in [2.24, 2.45) is 0 Å². The summed E-state index contributed by atoms with van der Waals surface area (Å²) in [6.07, 6.45) is 4.19. The van der Waals surface area contributed by atoms with Crippen molar-refractivity contribution in [2.45, 2.75) is 6.42 Å². The van der Waals surface area contributed by atoms with E-state index in [1.54, 1.807) is 16.9 Å². The number of pyridine rings is 1. The number of fused-ring (bicyclic) bond motifs is 1. The van der Waals surface area contributed by atoms with E-state index in [4.69, 9.17) is 0 Å². The van der Waals surface area contributed by atoms with Crippen LogP contribution in [-0.4, -0.2) is 24.6 Å². The molecule has 0 saturated carbocycles. The predicted molar refractivity (Wildman–Crippen MR) is 83.3 cm³/mol. The summed E-state index contributed by atoms with van der Waals surface area (Å²) in [5.74, 6) is 1.34. The molecular weight excluding hydrogens is 274 g/mol. The first-order chi connectivity index (χ1) is 10.9. The normalized spacial score (nSPS) is 10.9. The van der Waals surface area contributed by atoms with Gasteiger partial charge in [0.2, 0.25) is 0 Å². The lowest BCUT2D eigenvalue weighted by Crippen LogP contribution is -1.97. The third-order valence-electron chi connectivity index (χ3n) is 3.42. The zero-order valence-corrected chi connectivity index (χ0v) is 11.8. The maximum Gasteiger partial charge on any atom is 0.253 e. The summed E-state index contributed by atoms with van der Waals surface area (Å²) in [5.41, 5.74) is 2.92. The van der Waals surface area contributed by atoms with Crippen molar-refractivity contribution < 1.29 is 0 Å². The zero-order valence-electron chi connectivity index (χ0n) is 11.8. The van der Waals surface area contributed by atoms with Crippen LogP contribution in [0.4, 0.5) is 0 Å². The fraction of sp³-hybridized carbons (Fsp3) is 0.0588. The highest BCUT2D eigenvalue weighted by molar-refractivity contribution is 5.56. The van der Waals surface area contributed by atoms with Crippen LogP contribution in [0.25, 0.3) is 17.2 Å². The van der Waals surface area contributed by atoms with Crippen molar-refractivity contribution in [1.82, 2.24) is 24.6 Å². The maximum atomic E-state index is 4.59. The second kappa shape index (κ2) is 5.37. The molecule has 3 aromatic heterocycles. The van der Waals surface area contributed by atoms with Crippen molar-refractivity contribution >= 4 is 5.78 Å². The van der Waals surface area contributed by atoms with Gasteiger partial charge < -0.3 is 0 Å². The van der Waals surface area contributed by atoms with Crippen LogP contribution in [0, 0.1) is 0 Å². The predicted octanol–water partition coefficient (Wildman–Crippen LogP) is 2.78. The lowest BCUT2D eigenvalue weighted by atomic mass is 10.1. The topological polar surface area (TPSA) is 56.0 Å². The summed E-state index contributed by atoms with van der Waals surface area (Å²) in [6, 6.07) is 17.9. The molecule has 0 atom stereocenters. The Labute approximate surface area is 127 Å². The maximum absolute atomic E-state index is 4.59. The van der Waals surface area contributed by atoms with Crippen molar-refractivity contribution in [1.29, 1.82) is 0 Å². The van der Waals surface area contributed by atoms with Gasteiger partial charge in [-0.1, -0.05) is 36.4 Å². The van der Waals surface area contributed by atoms with Gasteiger partial charge in [0.05, 0.1) is 11.4 Å². The Balaban J connectivity index is 1.78. The molecule has 0 amide bonds. The van der Waals surface area contributed by atoms with E-state index in [2.05, 4.69) is 32.2 Å². The van der Waals surface area contributed by atoms with E-state index in [-0.39, 0.29) is 0 Å². The Morgan fingerprint density at radius 3 is 2.50 bits per heavy atom. The summed E-state index contributed by atoms with van der Waals surface area (Å²) in [6.45, 7) is 0. The van der Waals surface area contributed by atoms with E-state index in [1.165, 1.54) is 5.56 Å². The SMILES string of the molecule is c1ccc(Cc2nc3nccc(-c4ccccn4)n3n2)cc1. The molecule has 0 aliphatic rings. The van der Waals surface area contributed by atoms with Gasteiger partial charge in [0, 0.05) is 18.8 Å². The van der Waals surface area contributed by atoms with Crippen LogP contribution in [0.15, 0.2) is 67.0 Å². The van der Waals surface area contributed by atoms with E-state index >= 15 is 0 Å². The molecule has 0 aliphatic heterocycles. The van der Waals surface area contributed by atoms with Crippen LogP contribution in [0.1, 0.15) is 11.4 Å². The highest BCUT2D eigenvalue weighted by Gasteiger charge is 2.10. The van der Waals surface area contributed by atoms with Gasteiger partial charge in [-0.05, 0) is 23.8 Å². The van der Waals surface area contributed by atoms with Crippen LogP contribution < -0.4 is 0 Å². The van der Waals surface area contributed by atoms with E-state index in [1.807, 2.05) is 42.5 Å². The lowest BCUT2D eigenvalue weighted by molar-refractivity contribution is 0.894. The van der Waals surface area contributed by atoms with Crippen molar-refractivity contribution in [3.05, 3.63) is 78.4 Å². The molecule has 106 valence electrons. The summed E-state index contributed by atoms with van der Waals surface area (Å²) >= 11 is 0. The van der Waals surface area contributed by atoms with Gasteiger partial charge in [-0.25, -0.2) is 4.98 Å². The first kappa shape index (κ1) is 12.6. The summed E-state index contributed by atoms with van der Waals surface area (Å²) in [7, 11) is 0. The van der Waals surface area contributed by atoms with Crippen molar-refractivity contribution in [3.8, 4) is 11.4 Å². The van der Waals surface area contributed by atoms with Gasteiger partial charge in [0.15, 0.2) is 5.82 Å². The quantitative estimate of drug-likeness (QED) is 0.581. The van der Waals surface area contributed by atoms with Gasteiger partial charge >= 0.3 is 0 Å². The van der Waals surface area contributed by atoms with E-state index in [0.29, 0.717) is 12.2 Å². The molecule has 0 spiro atoms. The van der Waals surface area contributed by atoms with Crippen LogP contribution >= 0.6 is 0 Å². The highest BCUT2D eigenvalue weighted by atomic mass is 15.3. The van der Waals surface area contributed by atoms with Gasteiger partial charge in [-0.15, -0.1) is 5.10 Å². The Kier molecular flexibility index (Phi) is 3.08. The van der Waals surface area contributed by atoms with E-state index < -0.39 is 0 Å². The molecular formula is C17H13N5. The Morgan fingerprint density at radius 1 is 0.818 bits per heavy atom. The van der Waals surface area contributed by atoms with Crippen molar-refractivity contribution in [3.63, 3.8) is 0 Å². The molecule has 3 heterocycles. The van der Waals surface area contributed by atoms with Crippen molar-refractivity contribution in [2.75, 3.05) is 0 Å². The monoisotopic (exact) mass is 287 g/mol. The molecule has 0 N–H and O–H groups in total. The number of hydrogen-bond acceptors (Lipinski definition) is 4. The standard InChI is InChI=1S/C17H13N5/c1-2-6-13(7-3-1)12-16-20-17-19-11-9-15(22(17)21-16)14-8-4-5-10-18-14/h1-11H,12H2. The fourth-order valence-corrected chi connectivity index (χ4v) is 2.40. The number of benzene rings is 1. The van der Waals surface area contributed by atoms with Gasteiger partial charge in [0.25, 0.3) is 5.78 Å². The molecule has 22 heavy (non-hydrogen) atoms. The largest absolute Gasteiger partial charge is 0.255 e. The fourth-order valence-electron chi connectivity index (χ4n) is 2.40. The van der Waals surface area contributed by atoms with Crippen LogP contribution in [0.3, 0.4) is 0 Å². The second-order valence-electron chi connectivity index (χ2n) is 4.95. The summed E-state index contributed by atoms with van der Waals surface area (Å²) < 4.78 is 1.75. The van der Waals surface area contributed by atoms with Gasteiger partial charge in [-0.2, -0.15) is 9.50 Å². The van der Waals surface area contributed by atoms with Gasteiger partial charge in [-0.3, -0.25) is 4.98 Å². The number of aromatic nitrogens is 5. The van der Waals surface area contributed by atoms with Crippen LogP contribution in [0.2, 0.25) is 0 Å². The smallest absolute Gasteiger partial charge is 0.253 e. The van der Waals surface area contributed by atoms with Gasteiger partial charge in [0.1, 0.15) is 0 Å². The summed E-state index contributed by atoms with van der Waals surface area (Å²) in [5, 5.41) is 4.59. The summed E-state index contributed by atoms with van der Waals surface area (Å²) in [4.78, 5) is 13.2. The molecule has 0 bridgehead atoms. The Hall–Kier alpha value is -3.08. The Morgan fingerprint density at radius 2 is 1.68 bits per heavy atom.